The third kappa shape index (κ3) is 5.14. The van der Waals surface area contributed by atoms with E-state index in [2.05, 4.69) is 19.9 Å². The molecule has 0 bridgehead atoms. The van der Waals surface area contributed by atoms with Crippen LogP contribution in [-0.4, -0.2) is 35.3 Å². The average molecular weight is 294 g/mol. The SMILES string of the molecule is CCCc1cc(CCC)c(OCC(C)O)c(C(=O)CO)c1. The fourth-order valence-corrected chi connectivity index (χ4v) is 2.31. The smallest absolute Gasteiger partial charge is 0.191 e. The fourth-order valence-electron chi connectivity index (χ4n) is 2.31. The number of carbonyl (C=O) groups excluding carboxylic acids is 1. The Hall–Kier alpha value is -1.39. The number of hydrogen-bond donors (Lipinski definition) is 2. The molecule has 0 radical (unpaired) electrons. The van der Waals surface area contributed by atoms with Crippen LogP contribution >= 0.6 is 0 Å². The minimum absolute atomic E-state index is 0.134. The second-order valence-corrected chi connectivity index (χ2v) is 5.37. The van der Waals surface area contributed by atoms with Gasteiger partial charge in [-0.1, -0.05) is 32.8 Å². The molecule has 1 atom stereocenters. The van der Waals surface area contributed by atoms with Crippen molar-refractivity contribution < 1.29 is 19.7 Å². The molecule has 0 aliphatic rings. The Balaban J connectivity index is 3.27. The van der Waals surface area contributed by atoms with Gasteiger partial charge < -0.3 is 14.9 Å². The molecular weight excluding hydrogens is 268 g/mol. The zero-order valence-corrected chi connectivity index (χ0v) is 13.2. The van der Waals surface area contributed by atoms with Crippen LogP contribution in [0.3, 0.4) is 0 Å². The van der Waals surface area contributed by atoms with Gasteiger partial charge >= 0.3 is 0 Å². The van der Waals surface area contributed by atoms with Crippen molar-refractivity contribution in [3.05, 3.63) is 28.8 Å². The van der Waals surface area contributed by atoms with Crippen molar-refractivity contribution in [1.82, 2.24) is 0 Å². The van der Waals surface area contributed by atoms with E-state index in [1.165, 1.54) is 0 Å². The molecule has 0 saturated heterocycles. The summed E-state index contributed by atoms with van der Waals surface area (Å²) in [5.74, 6) is 0.169. The molecule has 0 aliphatic heterocycles. The van der Waals surface area contributed by atoms with Crippen LogP contribution in [0.2, 0.25) is 0 Å². The lowest BCUT2D eigenvalue weighted by Gasteiger charge is -2.18. The van der Waals surface area contributed by atoms with E-state index < -0.39 is 12.7 Å². The number of hydrogen-bond acceptors (Lipinski definition) is 4. The van der Waals surface area contributed by atoms with Crippen molar-refractivity contribution in [1.29, 1.82) is 0 Å². The molecule has 4 heteroatoms. The number of rotatable bonds is 9. The molecule has 4 nitrogen and oxygen atoms in total. The zero-order valence-electron chi connectivity index (χ0n) is 13.2. The summed E-state index contributed by atoms with van der Waals surface area (Å²) in [5.41, 5.74) is 2.48. The predicted octanol–water partition coefficient (Wildman–Crippen LogP) is 2.53. The lowest BCUT2D eigenvalue weighted by molar-refractivity contribution is 0.0889. The van der Waals surface area contributed by atoms with Crippen molar-refractivity contribution in [2.45, 2.75) is 52.6 Å². The molecule has 1 aromatic carbocycles. The molecule has 0 fully saturated rings. The number of aliphatic hydroxyl groups excluding tert-OH is 2. The summed E-state index contributed by atoms with van der Waals surface area (Å²) in [4.78, 5) is 12.0. The Morgan fingerprint density at radius 1 is 1.24 bits per heavy atom. The van der Waals surface area contributed by atoms with Gasteiger partial charge in [0.2, 0.25) is 0 Å². The van der Waals surface area contributed by atoms with Gasteiger partial charge in [-0.05, 0) is 37.0 Å². The van der Waals surface area contributed by atoms with Crippen LogP contribution in [0.1, 0.15) is 55.1 Å². The van der Waals surface area contributed by atoms with E-state index >= 15 is 0 Å². The summed E-state index contributed by atoms with van der Waals surface area (Å²) < 4.78 is 5.66. The number of aliphatic hydroxyl groups is 2. The number of ketones is 1. The second-order valence-electron chi connectivity index (χ2n) is 5.37. The van der Waals surface area contributed by atoms with Crippen molar-refractivity contribution in [3.63, 3.8) is 0 Å². The van der Waals surface area contributed by atoms with Crippen molar-refractivity contribution in [2.75, 3.05) is 13.2 Å². The minimum Gasteiger partial charge on any atom is -0.490 e. The Kier molecular flexibility index (Phi) is 7.40. The maximum Gasteiger partial charge on any atom is 0.191 e. The van der Waals surface area contributed by atoms with Gasteiger partial charge in [0, 0.05) is 0 Å². The van der Waals surface area contributed by atoms with Crippen LogP contribution in [0.5, 0.6) is 5.75 Å². The van der Waals surface area contributed by atoms with Crippen LogP contribution in [-0.2, 0) is 12.8 Å². The van der Waals surface area contributed by atoms with E-state index in [9.17, 15) is 15.0 Å². The lowest BCUT2D eigenvalue weighted by Crippen LogP contribution is -2.17. The van der Waals surface area contributed by atoms with E-state index in [0.29, 0.717) is 11.3 Å². The van der Waals surface area contributed by atoms with Crippen LogP contribution < -0.4 is 4.74 Å². The summed E-state index contributed by atoms with van der Waals surface area (Å²) in [6, 6.07) is 3.87. The quantitative estimate of drug-likeness (QED) is 0.687. The van der Waals surface area contributed by atoms with Crippen molar-refractivity contribution in [3.8, 4) is 5.75 Å². The van der Waals surface area contributed by atoms with Gasteiger partial charge in [0.25, 0.3) is 0 Å². The van der Waals surface area contributed by atoms with Gasteiger partial charge in [0.1, 0.15) is 19.0 Å². The van der Waals surface area contributed by atoms with Crippen molar-refractivity contribution in [2.24, 2.45) is 0 Å². The molecule has 0 aliphatic carbocycles. The number of carbonyl (C=O) groups is 1. The Morgan fingerprint density at radius 3 is 2.43 bits per heavy atom. The maximum atomic E-state index is 12.0. The normalized spacial score (nSPS) is 12.2. The van der Waals surface area contributed by atoms with Crippen LogP contribution in [0.4, 0.5) is 0 Å². The summed E-state index contributed by atoms with van der Waals surface area (Å²) in [5, 5.41) is 18.6. The van der Waals surface area contributed by atoms with E-state index in [4.69, 9.17) is 4.74 Å². The summed E-state index contributed by atoms with van der Waals surface area (Å²) in [6.07, 6.45) is 3.02. The average Bonchev–Trinajstić information content (AvgIpc) is 2.45. The van der Waals surface area contributed by atoms with Crippen LogP contribution in [0.25, 0.3) is 0 Å². The predicted molar refractivity (Wildman–Crippen MR) is 83.0 cm³/mol. The Morgan fingerprint density at radius 2 is 1.90 bits per heavy atom. The Labute approximate surface area is 126 Å². The minimum atomic E-state index is -0.605. The van der Waals surface area contributed by atoms with Gasteiger partial charge in [-0.3, -0.25) is 4.79 Å². The van der Waals surface area contributed by atoms with Gasteiger partial charge in [-0.2, -0.15) is 0 Å². The molecule has 1 aromatic rings. The third-order valence-electron chi connectivity index (χ3n) is 3.20. The summed E-state index contributed by atoms with van der Waals surface area (Å²) in [6.45, 7) is 5.39. The maximum absolute atomic E-state index is 12.0. The van der Waals surface area contributed by atoms with E-state index in [1.54, 1.807) is 13.0 Å². The molecule has 21 heavy (non-hydrogen) atoms. The van der Waals surface area contributed by atoms with Crippen LogP contribution in [0, 0.1) is 0 Å². The molecule has 118 valence electrons. The highest BCUT2D eigenvalue weighted by Crippen LogP contribution is 2.29. The highest BCUT2D eigenvalue weighted by Gasteiger charge is 2.18. The molecule has 0 aromatic heterocycles. The zero-order chi connectivity index (χ0) is 15.8. The Bertz CT molecular complexity index is 466. The number of Topliss-reactive ketones (excluding diaryl/α,β-unsaturated/α-hetero) is 1. The highest BCUT2D eigenvalue weighted by molar-refractivity contribution is 6.00. The second kappa shape index (κ2) is 8.80. The molecule has 1 unspecified atom stereocenters. The molecule has 0 saturated carbocycles. The first-order valence-electron chi connectivity index (χ1n) is 7.64. The molecule has 0 heterocycles. The van der Waals surface area contributed by atoms with Gasteiger partial charge in [0.15, 0.2) is 5.78 Å². The molecule has 2 N–H and O–H groups in total. The number of benzene rings is 1. The van der Waals surface area contributed by atoms with E-state index in [0.717, 1.165) is 36.8 Å². The first-order valence-corrected chi connectivity index (χ1v) is 7.64. The first-order chi connectivity index (χ1) is 10.0. The van der Waals surface area contributed by atoms with E-state index in [1.807, 2.05) is 0 Å². The van der Waals surface area contributed by atoms with Gasteiger partial charge in [-0.15, -0.1) is 0 Å². The monoisotopic (exact) mass is 294 g/mol. The lowest BCUT2D eigenvalue weighted by atomic mass is 9.96. The summed E-state index contributed by atoms with van der Waals surface area (Å²) >= 11 is 0. The standard InChI is InChI=1S/C17H26O4/c1-4-6-13-8-14(7-5-2)17(21-11-12(3)19)15(9-13)16(20)10-18/h8-9,12,18-19H,4-7,10-11H2,1-3H3. The summed E-state index contributed by atoms with van der Waals surface area (Å²) in [7, 11) is 0. The first kappa shape index (κ1) is 17.7. The molecular formula is C17H26O4. The van der Waals surface area contributed by atoms with Gasteiger partial charge in [0.05, 0.1) is 11.7 Å². The molecule has 0 spiro atoms. The third-order valence-corrected chi connectivity index (χ3v) is 3.20. The largest absolute Gasteiger partial charge is 0.490 e. The highest BCUT2D eigenvalue weighted by atomic mass is 16.5. The number of ether oxygens (including phenoxy) is 1. The van der Waals surface area contributed by atoms with Crippen LogP contribution in [0.15, 0.2) is 12.1 Å². The van der Waals surface area contributed by atoms with Crippen molar-refractivity contribution >= 4 is 5.78 Å². The van der Waals surface area contributed by atoms with Gasteiger partial charge in [-0.25, -0.2) is 0 Å². The molecule has 0 amide bonds. The van der Waals surface area contributed by atoms with E-state index in [-0.39, 0.29) is 12.4 Å². The molecule has 1 rings (SSSR count). The fraction of sp³-hybridized carbons (Fsp3) is 0.588. The topological polar surface area (TPSA) is 66.8 Å². The number of aryl methyl sites for hydroxylation is 2.